The van der Waals surface area contributed by atoms with E-state index in [2.05, 4.69) is 23.8 Å². The number of carbonyl (C=O) groups is 1. The van der Waals surface area contributed by atoms with E-state index in [4.69, 9.17) is 10.8 Å². The summed E-state index contributed by atoms with van der Waals surface area (Å²) in [5.41, 5.74) is 5.68. The number of carboxylic acids is 1. The number of aromatic nitrogens is 2. The second-order valence-corrected chi connectivity index (χ2v) is 6.32. The molecular formula is C14H21N3O3. The van der Waals surface area contributed by atoms with Crippen molar-refractivity contribution in [2.75, 3.05) is 5.73 Å². The number of nitrogens with zero attached hydrogens (tertiary/aromatic N) is 1. The van der Waals surface area contributed by atoms with Crippen LogP contribution in [0.3, 0.4) is 0 Å². The summed E-state index contributed by atoms with van der Waals surface area (Å²) in [5.74, 6) is -0.249. The van der Waals surface area contributed by atoms with Gasteiger partial charge in [0.2, 0.25) is 0 Å². The minimum absolute atomic E-state index is 0.0379. The lowest BCUT2D eigenvalue weighted by molar-refractivity contribution is -0.136. The van der Waals surface area contributed by atoms with E-state index in [9.17, 15) is 9.59 Å². The molecule has 0 bridgehead atoms. The highest BCUT2D eigenvalue weighted by Gasteiger charge is 2.29. The Morgan fingerprint density at radius 3 is 2.55 bits per heavy atom. The Morgan fingerprint density at radius 2 is 2.05 bits per heavy atom. The molecule has 0 radical (unpaired) electrons. The first-order valence-corrected chi connectivity index (χ1v) is 6.89. The van der Waals surface area contributed by atoms with Gasteiger partial charge in [0, 0.05) is 5.92 Å². The number of aromatic amines is 1. The van der Waals surface area contributed by atoms with Crippen LogP contribution in [0.25, 0.3) is 0 Å². The van der Waals surface area contributed by atoms with Gasteiger partial charge in [-0.1, -0.05) is 13.8 Å². The normalized spacial score (nSPS) is 18.9. The van der Waals surface area contributed by atoms with Gasteiger partial charge in [-0.25, -0.2) is 4.98 Å². The highest BCUT2D eigenvalue weighted by molar-refractivity contribution is 5.71. The van der Waals surface area contributed by atoms with Gasteiger partial charge in [0.25, 0.3) is 5.56 Å². The van der Waals surface area contributed by atoms with E-state index in [1.54, 1.807) is 0 Å². The van der Waals surface area contributed by atoms with E-state index in [0.29, 0.717) is 11.2 Å². The van der Waals surface area contributed by atoms with Crippen molar-refractivity contribution >= 4 is 11.8 Å². The number of anilines is 1. The number of aliphatic carboxylic acids is 1. The number of hydrogen-bond donors (Lipinski definition) is 3. The maximum absolute atomic E-state index is 11.9. The van der Waals surface area contributed by atoms with Crippen LogP contribution in [0.15, 0.2) is 4.79 Å². The molecule has 110 valence electrons. The number of carboxylic acid groups (broad SMARTS) is 1. The molecule has 6 nitrogen and oxygen atoms in total. The van der Waals surface area contributed by atoms with E-state index in [1.165, 1.54) is 0 Å². The van der Waals surface area contributed by atoms with Crippen LogP contribution in [0.2, 0.25) is 0 Å². The van der Waals surface area contributed by atoms with Crippen LogP contribution < -0.4 is 11.3 Å². The zero-order valence-corrected chi connectivity index (χ0v) is 11.9. The summed E-state index contributed by atoms with van der Waals surface area (Å²) in [6.45, 7) is 4.48. The largest absolute Gasteiger partial charge is 0.481 e. The minimum Gasteiger partial charge on any atom is -0.481 e. The Morgan fingerprint density at radius 1 is 1.45 bits per heavy atom. The molecule has 1 heterocycles. The number of H-pyrrole nitrogens is 1. The molecular weight excluding hydrogens is 258 g/mol. The molecule has 0 aromatic carbocycles. The van der Waals surface area contributed by atoms with Crippen molar-refractivity contribution in [1.29, 1.82) is 0 Å². The van der Waals surface area contributed by atoms with Crippen molar-refractivity contribution in [3.8, 4) is 0 Å². The molecule has 4 N–H and O–H groups in total. The topological polar surface area (TPSA) is 109 Å². The number of nitrogens with one attached hydrogen (secondary N) is 1. The number of nitrogens with two attached hydrogens (primary N) is 1. The second kappa shape index (κ2) is 5.26. The van der Waals surface area contributed by atoms with Crippen molar-refractivity contribution in [1.82, 2.24) is 9.97 Å². The highest BCUT2D eigenvalue weighted by atomic mass is 16.4. The highest BCUT2D eigenvalue weighted by Crippen LogP contribution is 2.41. The second-order valence-electron chi connectivity index (χ2n) is 6.32. The van der Waals surface area contributed by atoms with Crippen LogP contribution >= 0.6 is 0 Å². The van der Waals surface area contributed by atoms with E-state index < -0.39 is 17.9 Å². The summed E-state index contributed by atoms with van der Waals surface area (Å²) in [6.07, 6.45) is 3.70. The molecule has 0 aliphatic heterocycles. The van der Waals surface area contributed by atoms with E-state index in [0.717, 1.165) is 25.7 Å². The fourth-order valence-electron chi connectivity index (χ4n) is 2.72. The molecule has 6 heteroatoms. The minimum atomic E-state index is -1.09. The first kappa shape index (κ1) is 14.6. The van der Waals surface area contributed by atoms with Gasteiger partial charge in [-0.2, -0.15) is 0 Å². The molecule has 1 aliphatic rings. The third-order valence-corrected chi connectivity index (χ3v) is 4.12. The average molecular weight is 279 g/mol. The molecule has 2 rings (SSSR count). The summed E-state index contributed by atoms with van der Waals surface area (Å²) in [5, 5.41) is 8.76. The smallest absolute Gasteiger partial charge is 0.308 e. The van der Waals surface area contributed by atoms with Gasteiger partial charge in [0.1, 0.15) is 11.6 Å². The fraction of sp³-hybridized carbons (Fsp3) is 0.643. The van der Waals surface area contributed by atoms with Crippen LogP contribution in [0.5, 0.6) is 0 Å². The molecule has 0 spiro atoms. The lowest BCUT2D eigenvalue weighted by atomic mass is 9.73. The van der Waals surface area contributed by atoms with Crippen molar-refractivity contribution in [3.63, 3.8) is 0 Å². The molecule has 1 aliphatic carbocycles. The first-order valence-electron chi connectivity index (χ1n) is 6.89. The van der Waals surface area contributed by atoms with Gasteiger partial charge in [0.05, 0.1) is 12.0 Å². The van der Waals surface area contributed by atoms with Crippen LogP contribution in [0, 0.1) is 5.41 Å². The summed E-state index contributed by atoms with van der Waals surface area (Å²) < 4.78 is 0. The monoisotopic (exact) mass is 279 g/mol. The third kappa shape index (κ3) is 3.18. The predicted molar refractivity (Wildman–Crippen MR) is 75.6 cm³/mol. The lowest BCUT2D eigenvalue weighted by Crippen LogP contribution is -2.26. The van der Waals surface area contributed by atoms with Gasteiger partial charge < -0.3 is 15.8 Å². The Bertz CT molecular complexity index is 568. The van der Waals surface area contributed by atoms with Crippen LogP contribution in [-0.2, 0) is 11.2 Å². The Hall–Kier alpha value is -1.85. The van der Waals surface area contributed by atoms with Gasteiger partial charge in [0.15, 0.2) is 0 Å². The van der Waals surface area contributed by atoms with Gasteiger partial charge in [-0.3, -0.25) is 9.59 Å². The van der Waals surface area contributed by atoms with E-state index in [1.807, 2.05) is 0 Å². The molecule has 0 amide bonds. The molecule has 1 saturated carbocycles. The number of nitrogen functional groups attached to an aromatic ring is 1. The summed E-state index contributed by atoms with van der Waals surface area (Å²) in [6, 6.07) is 0. The van der Waals surface area contributed by atoms with Gasteiger partial charge in [-0.05, 0) is 31.1 Å². The van der Waals surface area contributed by atoms with E-state index >= 15 is 0 Å². The number of rotatable bonds is 3. The maximum Gasteiger partial charge on any atom is 0.308 e. The van der Waals surface area contributed by atoms with Gasteiger partial charge >= 0.3 is 5.97 Å². The summed E-state index contributed by atoms with van der Waals surface area (Å²) in [4.78, 5) is 29.5. The third-order valence-electron chi connectivity index (χ3n) is 4.12. The van der Waals surface area contributed by atoms with E-state index in [-0.39, 0.29) is 17.3 Å². The molecule has 1 fully saturated rings. The molecule has 20 heavy (non-hydrogen) atoms. The lowest BCUT2D eigenvalue weighted by Gasteiger charge is -2.33. The average Bonchev–Trinajstić information content (AvgIpc) is 2.33. The zero-order valence-electron chi connectivity index (χ0n) is 11.9. The van der Waals surface area contributed by atoms with Crippen LogP contribution in [0.4, 0.5) is 5.82 Å². The fourth-order valence-corrected chi connectivity index (χ4v) is 2.72. The molecule has 0 saturated heterocycles. The summed E-state index contributed by atoms with van der Waals surface area (Å²) in [7, 11) is 0. The van der Waals surface area contributed by atoms with Crippen LogP contribution in [0.1, 0.15) is 56.8 Å². The predicted octanol–water partition coefficient (Wildman–Crippen LogP) is 1.66. The molecule has 1 aromatic heterocycles. The standard InChI is InChI=1S/C14H21N3O3/c1-14(2)5-3-8(4-6-14)12-16-11(15)9(7-10(18)19)13(20)17-12/h8H,3-7H2,1-2H3,(H,18,19)(H3,15,16,17,20). The Balaban J connectivity index is 2.23. The quantitative estimate of drug-likeness (QED) is 0.779. The maximum atomic E-state index is 11.9. The Kier molecular flexibility index (Phi) is 3.83. The van der Waals surface area contributed by atoms with Crippen molar-refractivity contribution in [2.24, 2.45) is 5.41 Å². The van der Waals surface area contributed by atoms with Crippen molar-refractivity contribution in [3.05, 3.63) is 21.7 Å². The van der Waals surface area contributed by atoms with Crippen LogP contribution in [-0.4, -0.2) is 21.0 Å². The van der Waals surface area contributed by atoms with Crippen molar-refractivity contribution < 1.29 is 9.90 Å². The SMILES string of the molecule is CC1(C)CCC(c2nc(N)c(CC(=O)O)c(=O)[nH]2)CC1. The molecule has 1 aromatic rings. The molecule has 0 atom stereocenters. The van der Waals surface area contributed by atoms with Gasteiger partial charge in [-0.15, -0.1) is 0 Å². The summed E-state index contributed by atoms with van der Waals surface area (Å²) >= 11 is 0. The molecule has 0 unspecified atom stereocenters. The first-order chi connectivity index (χ1) is 9.28. The van der Waals surface area contributed by atoms with Crippen molar-refractivity contribution in [2.45, 2.75) is 51.9 Å². The zero-order chi connectivity index (χ0) is 14.9. The Labute approximate surface area is 117 Å². The number of hydrogen-bond acceptors (Lipinski definition) is 4.